The standard InChI is InChI=1S/C21H23NO5/c1-14(20(23)22-13-18(26-2)12-19(22)21(24)25)27-17-10-8-16(9-11-17)15-6-4-3-5-7-15/h3-11,14,18-19H,12-13H2,1-2H3,(H,24,25). The summed E-state index contributed by atoms with van der Waals surface area (Å²) in [6, 6.07) is 16.6. The topological polar surface area (TPSA) is 76.1 Å². The molecule has 0 spiro atoms. The molecule has 0 aliphatic carbocycles. The van der Waals surface area contributed by atoms with Gasteiger partial charge >= 0.3 is 5.97 Å². The van der Waals surface area contributed by atoms with Gasteiger partial charge in [-0.25, -0.2) is 4.79 Å². The molecule has 142 valence electrons. The largest absolute Gasteiger partial charge is 0.481 e. The van der Waals surface area contributed by atoms with Crippen LogP contribution < -0.4 is 4.74 Å². The minimum atomic E-state index is -1.03. The molecular formula is C21H23NO5. The van der Waals surface area contributed by atoms with Gasteiger partial charge in [0.2, 0.25) is 0 Å². The van der Waals surface area contributed by atoms with Crippen molar-refractivity contribution in [2.24, 2.45) is 0 Å². The lowest BCUT2D eigenvalue weighted by atomic mass is 10.1. The molecule has 1 aliphatic heterocycles. The number of amides is 1. The molecule has 3 unspecified atom stereocenters. The summed E-state index contributed by atoms with van der Waals surface area (Å²) in [7, 11) is 1.52. The van der Waals surface area contributed by atoms with Gasteiger partial charge in [-0.1, -0.05) is 42.5 Å². The number of carboxylic acids is 1. The second-order valence-corrected chi connectivity index (χ2v) is 6.59. The third-order valence-electron chi connectivity index (χ3n) is 4.79. The number of rotatable bonds is 6. The van der Waals surface area contributed by atoms with Crippen LogP contribution in [0, 0.1) is 0 Å². The maximum absolute atomic E-state index is 12.7. The highest BCUT2D eigenvalue weighted by Gasteiger charge is 2.41. The molecule has 1 amide bonds. The molecule has 27 heavy (non-hydrogen) atoms. The molecule has 1 fully saturated rings. The van der Waals surface area contributed by atoms with Gasteiger partial charge < -0.3 is 19.5 Å². The Balaban J connectivity index is 1.66. The first-order chi connectivity index (χ1) is 13.0. The number of likely N-dealkylation sites (tertiary alicyclic amines) is 1. The molecule has 1 aliphatic rings. The monoisotopic (exact) mass is 369 g/mol. The summed E-state index contributed by atoms with van der Waals surface area (Å²) < 4.78 is 11.0. The molecule has 1 N–H and O–H groups in total. The zero-order valence-electron chi connectivity index (χ0n) is 15.4. The van der Waals surface area contributed by atoms with E-state index in [4.69, 9.17) is 9.47 Å². The lowest BCUT2D eigenvalue weighted by Crippen LogP contribution is -2.46. The molecule has 3 rings (SSSR count). The summed E-state index contributed by atoms with van der Waals surface area (Å²) in [5.41, 5.74) is 2.15. The van der Waals surface area contributed by atoms with Crippen LogP contribution in [-0.2, 0) is 14.3 Å². The number of carbonyl (C=O) groups excluding carboxylic acids is 1. The van der Waals surface area contributed by atoms with E-state index in [-0.39, 0.29) is 25.0 Å². The van der Waals surface area contributed by atoms with Crippen LogP contribution in [0.5, 0.6) is 5.75 Å². The van der Waals surface area contributed by atoms with Gasteiger partial charge in [0, 0.05) is 20.1 Å². The predicted octanol–water partition coefficient (Wildman–Crippen LogP) is 2.82. The van der Waals surface area contributed by atoms with Gasteiger partial charge in [-0.2, -0.15) is 0 Å². The Kier molecular flexibility index (Phi) is 5.76. The maximum atomic E-state index is 12.7. The SMILES string of the molecule is COC1CC(C(=O)O)N(C(=O)C(C)Oc2ccc(-c3ccccc3)cc2)C1. The first kappa shape index (κ1) is 18.9. The van der Waals surface area contributed by atoms with Gasteiger partial charge in [-0.3, -0.25) is 4.79 Å². The zero-order valence-corrected chi connectivity index (χ0v) is 15.4. The summed E-state index contributed by atoms with van der Waals surface area (Å²) in [5.74, 6) is -0.818. The van der Waals surface area contributed by atoms with E-state index in [1.54, 1.807) is 6.92 Å². The average Bonchev–Trinajstić information content (AvgIpc) is 3.13. The van der Waals surface area contributed by atoms with Crippen molar-refractivity contribution in [2.45, 2.75) is 31.6 Å². The summed E-state index contributed by atoms with van der Waals surface area (Å²) in [6.45, 7) is 1.89. The molecule has 3 atom stereocenters. The Morgan fingerprint density at radius 2 is 1.70 bits per heavy atom. The van der Waals surface area contributed by atoms with Crippen LogP contribution >= 0.6 is 0 Å². The van der Waals surface area contributed by atoms with Crippen molar-refractivity contribution >= 4 is 11.9 Å². The molecule has 0 radical (unpaired) electrons. The Hall–Kier alpha value is -2.86. The number of carboxylic acid groups (broad SMARTS) is 1. The maximum Gasteiger partial charge on any atom is 0.326 e. The quantitative estimate of drug-likeness (QED) is 0.847. The number of aliphatic carboxylic acids is 1. The van der Waals surface area contributed by atoms with E-state index < -0.39 is 18.1 Å². The first-order valence-corrected chi connectivity index (χ1v) is 8.88. The van der Waals surface area contributed by atoms with Crippen LogP contribution in [0.1, 0.15) is 13.3 Å². The van der Waals surface area contributed by atoms with Gasteiger partial charge in [0.25, 0.3) is 5.91 Å². The minimum absolute atomic E-state index is 0.257. The molecule has 2 aromatic rings. The van der Waals surface area contributed by atoms with Crippen molar-refractivity contribution < 1.29 is 24.2 Å². The fraction of sp³-hybridized carbons (Fsp3) is 0.333. The van der Waals surface area contributed by atoms with E-state index in [9.17, 15) is 14.7 Å². The van der Waals surface area contributed by atoms with Gasteiger partial charge in [0.1, 0.15) is 11.8 Å². The molecule has 6 nitrogen and oxygen atoms in total. The second kappa shape index (κ2) is 8.22. The highest BCUT2D eigenvalue weighted by molar-refractivity contribution is 5.87. The number of hydrogen-bond acceptors (Lipinski definition) is 4. The molecular weight excluding hydrogens is 346 g/mol. The second-order valence-electron chi connectivity index (χ2n) is 6.59. The highest BCUT2D eigenvalue weighted by Crippen LogP contribution is 2.25. The molecule has 0 saturated carbocycles. The number of benzene rings is 2. The Morgan fingerprint density at radius 3 is 2.30 bits per heavy atom. The zero-order chi connectivity index (χ0) is 19.4. The van der Waals surface area contributed by atoms with Crippen LogP contribution in [-0.4, -0.2) is 53.8 Å². The average molecular weight is 369 g/mol. The third kappa shape index (κ3) is 4.28. The lowest BCUT2D eigenvalue weighted by molar-refractivity contribution is -0.150. The fourth-order valence-corrected chi connectivity index (χ4v) is 3.29. The van der Waals surface area contributed by atoms with E-state index >= 15 is 0 Å². The Bertz CT molecular complexity index is 790. The van der Waals surface area contributed by atoms with E-state index in [1.807, 2.05) is 54.6 Å². The van der Waals surface area contributed by atoms with Crippen molar-refractivity contribution in [2.75, 3.05) is 13.7 Å². The van der Waals surface area contributed by atoms with E-state index in [0.29, 0.717) is 5.75 Å². The van der Waals surface area contributed by atoms with Crippen LogP contribution in [0.15, 0.2) is 54.6 Å². The van der Waals surface area contributed by atoms with Crippen molar-refractivity contribution in [3.63, 3.8) is 0 Å². The summed E-state index contributed by atoms with van der Waals surface area (Å²) >= 11 is 0. The number of nitrogens with zero attached hydrogens (tertiary/aromatic N) is 1. The van der Waals surface area contributed by atoms with Gasteiger partial charge in [0.05, 0.1) is 6.10 Å². The fourth-order valence-electron chi connectivity index (χ4n) is 3.29. The van der Waals surface area contributed by atoms with Crippen LogP contribution in [0.25, 0.3) is 11.1 Å². The van der Waals surface area contributed by atoms with Crippen molar-refractivity contribution in [1.29, 1.82) is 0 Å². The van der Waals surface area contributed by atoms with Crippen LogP contribution in [0.3, 0.4) is 0 Å². The normalized spacial score (nSPS) is 20.3. The molecule has 0 bridgehead atoms. The smallest absolute Gasteiger partial charge is 0.326 e. The predicted molar refractivity (Wildman–Crippen MR) is 101 cm³/mol. The van der Waals surface area contributed by atoms with Gasteiger partial charge in [-0.15, -0.1) is 0 Å². The Labute approximate surface area is 158 Å². The summed E-state index contributed by atoms with van der Waals surface area (Å²) in [4.78, 5) is 25.5. The van der Waals surface area contributed by atoms with Crippen LogP contribution in [0.4, 0.5) is 0 Å². The van der Waals surface area contributed by atoms with Crippen molar-refractivity contribution in [1.82, 2.24) is 4.90 Å². The molecule has 6 heteroatoms. The lowest BCUT2D eigenvalue weighted by Gasteiger charge is -2.25. The molecule has 0 aromatic heterocycles. The summed E-state index contributed by atoms with van der Waals surface area (Å²) in [5, 5.41) is 9.37. The molecule has 2 aromatic carbocycles. The van der Waals surface area contributed by atoms with Crippen molar-refractivity contribution in [3.8, 4) is 16.9 Å². The number of carbonyl (C=O) groups is 2. The molecule has 1 heterocycles. The van der Waals surface area contributed by atoms with E-state index in [2.05, 4.69) is 0 Å². The van der Waals surface area contributed by atoms with Crippen molar-refractivity contribution in [3.05, 3.63) is 54.6 Å². The first-order valence-electron chi connectivity index (χ1n) is 8.88. The van der Waals surface area contributed by atoms with E-state index in [1.165, 1.54) is 12.0 Å². The van der Waals surface area contributed by atoms with E-state index in [0.717, 1.165) is 11.1 Å². The summed E-state index contributed by atoms with van der Waals surface area (Å²) in [6.07, 6.45) is -0.770. The number of hydrogen-bond donors (Lipinski definition) is 1. The molecule has 1 saturated heterocycles. The van der Waals surface area contributed by atoms with Gasteiger partial charge in [-0.05, 0) is 30.2 Å². The minimum Gasteiger partial charge on any atom is -0.481 e. The Morgan fingerprint density at radius 1 is 1.07 bits per heavy atom. The third-order valence-corrected chi connectivity index (χ3v) is 4.79. The van der Waals surface area contributed by atoms with Crippen LogP contribution in [0.2, 0.25) is 0 Å². The van der Waals surface area contributed by atoms with Gasteiger partial charge in [0.15, 0.2) is 6.10 Å². The number of methoxy groups -OCH3 is 1. The number of ether oxygens (including phenoxy) is 2. The highest BCUT2D eigenvalue weighted by atomic mass is 16.5.